The predicted octanol–water partition coefficient (Wildman–Crippen LogP) is 1.80. The van der Waals surface area contributed by atoms with Crippen molar-refractivity contribution in [3.8, 4) is 5.75 Å². The average molecular weight is 356 g/mol. The zero-order valence-corrected chi connectivity index (χ0v) is 14.3. The van der Waals surface area contributed by atoms with Gasteiger partial charge in [-0.15, -0.1) is 0 Å². The molecule has 1 atom stereocenters. The molecule has 0 bridgehead atoms. The van der Waals surface area contributed by atoms with Gasteiger partial charge in [-0.1, -0.05) is 29.8 Å². The average Bonchev–Trinajstić information content (AvgIpc) is 2.60. The molecule has 2 aromatic rings. The normalized spacial score (nSPS) is 11.4. The third-order valence-electron chi connectivity index (χ3n) is 3.70. The van der Waals surface area contributed by atoms with Gasteiger partial charge in [0.2, 0.25) is 5.91 Å². The van der Waals surface area contributed by atoms with Gasteiger partial charge in [0, 0.05) is 5.56 Å². The first kappa shape index (κ1) is 19.0. The minimum Gasteiger partial charge on any atom is -0.484 e. The summed E-state index contributed by atoms with van der Waals surface area (Å²) >= 11 is 0. The Bertz CT molecular complexity index is 785. The van der Waals surface area contributed by atoms with Gasteiger partial charge in [0.05, 0.1) is 12.5 Å². The maximum atomic E-state index is 12.1. The van der Waals surface area contributed by atoms with Crippen LogP contribution in [-0.4, -0.2) is 29.5 Å². The van der Waals surface area contributed by atoms with Crippen molar-refractivity contribution >= 4 is 17.8 Å². The number of carbonyl (C=O) groups is 3. The molecule has 0 aromatic heterocycles. The molecule has 0 aliphatic rings. The molecule has 0 saturated carbocycles. The molecule has 0 aliphatic heterocycles. The summed E-state index contributed by atoms with van der Waals surface area (Å²) in [5, 5.41) is 11.7. The van der Waals surface area contributed by atoms with E-state index in [1.54, 1.807) is 12.1 Å². The molecule has 2 amide bonds. The highest BCUT2D eigenvalue weighted by atomic mass is 16.5. The van der Waals surface area contributed by atoms with Crippen LogP contribution in [0.5, 0.6) is 5.75 Å². The fourth-order valence-corrected chi connectivity index (χ4v) is 2.33. The number of carboxylic acid groups (broad SMARTS) is 1. The third kappa shape index (κ3) is 5.62. The Morgan fingerprint density at radius 2 is 1.69 bits per heavy atom. The van der Waals surface area contributed by atoms with Gasteiger partial charge in [0.15, 0.2) is 6.61 Å². The summed E-state index contributed by atoms with van der Waals surface area (Å²) in [6, 6.07) is 12.7. The number of aryl methyl sites for hydroxylation is 1. The van der Waals surface area contributed by atoms with Crippen molar-refractivity contribution in [3.05, 3.63) is 65.2 Å². The minimum absolute atomic E-state index is 0.234. The second-order valence-electron chi connectivity index (χ2n) is 5.81. The molecule has 0 spiro atoms. The number of hydrogen-bond donors (Lipinski definition) is 3. The van der Waals surface area contributed by atoms with Gasteiger partial charge in [0.1, 0.15) is 5.75 Å². The van der Waals surface area contributed by atoms with Gasteiger partial charge in [-0.25, -0.2) is 0 Å². The lowest BCUT2D eigenvalue weighted by molar-refractivity contribution is -0.137. The number of rotatable bonds is 8. The van der Waals surface area contributed by atoms with E-state index in [-0.39, 0.29) is 13.0 Å². The molecule has 26 heavy (non-hydrogen) atoms. The number of carbonyl (C=O) groups excluding carboxylic acids is 2. The zero-order chi connectivity index (χ0) is 19.1. The summed E-state index contributed by atoms with van der Waals surface area (Å²) in [7, 11) is 0. The van der Waals surface area contributed by atoms with Crippen LogP contribution in [-0.2, 0) is 9.59 Å². The Morgan fingerprint density at radius 1 is 1.08 bits per heavy atom. The van der Waals surface area contributed by atoms with Gasteiger partial charge in [0.25, 0.3) is 5.91 Å². The van der Waals surface area contributed by atoms with E-state index in [1.807, 2.05) is 19.1 Å². The highest BCUT2D eigenvalue weighted by Gasteiger charge is 2.18. The number of primary amides is 1. The Labute approximate surface area is 150 Å². The molecule has 0 radical (unpaired) electrons. The van der Waals surface area contributed by atoms with Crippen LogP contribution in [0.25, 0.3) is 0 Å². The summed E-state index contributed by atoms with van der Waals surface area (Å²) in [4.78, 5) is 34.2. The summed E-state index contributed by atoms with van der Waals surface area (Å²) in [6.07, 6.45) is -0.234. The fraction of sp³-hybridized carbons (Fsp3) is 0.211. The van der Waals surface area contributed by atoms with Gasteiger partial charge >= 0.3 is 5.97 Å². The van der Waals surface area contributed by atoms with Crippen LogP contribution in [0.15, 0.2) is 48.5 Å². The first-order valence-electron chi connectivity index (χ1n) is 7.95. The lowest BCUT2D eigenvalue weighted by Crippen LogP contribution is -2.33. The highest BCUT2D eigenvalue weighted by molar-refractivity contribution is 5.92. The van der Waals surface area contributed by atoms with Crippen LogP contribution in [0.4, 0.5) is 0 Å². The van der Waals surface area contributed by atoms with Crippen LogP contribution < -0.4 is 15.8 Å². The maximum Gasteiger partial charge on any atom is 0.305 e. The molecule has 0 fully saturated rings. The number of nitrogens with two attached hydrogens (primary N) is 1. The topological polar surface area (TPSA) is 119 Å². The van der Waals surface area contributed by atoms with Crippen LogP contribution in [0.2, 0.25) is 0 Å². The Balaban J connectivity index is 1.97. The fourth-order valence-electron chi connectivity index (χ4n) is 2.33. The van der Waals surface area contributed by atoms with Crippen LogP contribution >= 0.6 is 0 Å². The van der Waals surface area contributed by atoms with E-state index in [4.69, 9.17) is 15.6 Å². The highest BCUT2D eigenvalue weighted by Crippen LogP contribution is 2.18. The second kappa shape index (κ2) is 8.66. The molecule has 0 aliphatic carbocycles. The summed E-state index contributed by atoms with van der Waals surface area (Å²) in [6.45, 7) is 1.64. The molecule has 0 unspecified atom stereocenters. The Morgan fingerprint density at radius 3 is 2.23 bits per heavy atom. The molecular weight excluding hydrogens is 336 g/mol. The van der Waals surface area contributed by atoms with Crippen molar-refractivity contribution in [2.24, 2.45) is 5.73 Å². The molecule has 0 heterocycles. The summed E-state index contributed by atoms with van der Waals surface area (Å²) in [5.74, 6) is -1.62. The first-order valence-corrected chi connectivity index (χ1v) is 7.95. The lowest BCUT2D eigenvalue weighted by Gasteiger charge is -2.18. The maximum absolute atomic E-state index is 12.1. The SMILES string of the molecule is Cc1ccc([C@@H](CC(=O)O)NC(=O)COc2ccc(C(N)=O)cc2)cc1. The molecule has 2 rings (SSSR count). The number of benzene rings is 2. The largest absolute Gasteiger partial charge is 0.484 e. The van der Waals surface area contributed by atoms with Gasteiger partial charge < -0.3 is 20.9 Å². The van der Waals surface area contributed by atoms with Gasteiger partial charge in [-0.05, 0) is 36.8 Å². The van der Waals surface area contributed by atoms with E-state index in [2.05, 4.69) is 5.32 Å². The minimum atomic E-state index is -1.01. The molecule has 7 nitrogen and oxygen atoms in total. The third-order valence-corrected chi connectivity index (χ3v) is 3.70. The van der Waals surface area contributed by atoms with E-state index in [1.165, 1.54) is 24.3 Å². The number of carboxylic acids is 1. The molecule has 7 heteroatoms. The number of aliphatic carboxylic acids is 1. The Hall–Kier alpha value is -3.35. The number of nitrogens with one attached hydrogen (secondary N) is 1. The van der Waals surface area contributed by atoms with Crippen molar-refractivity contribution in [1.82, 2.24) is 5.32 Å². The molecule has 136 valence electrons. The second-order valence-corrected chi connectivity index (χ2v) is 5.81. The van der Waals surface area contributed by atoms with E-state index in [0.29, 0.717) is 16.9 Å². The quantitative estimate of drug-likeness (QED) is 0.666. The molecular formula is C19H20N2O5. The van der Waals surface area contributed by atoms with Crippen LogP contribution in [0.1, 0.15) is 33.9 Å². The van der Waals surface area contributed by atoms with Crippen molar-refractivity contribution in [3.63, 3.8) is 0 Å². The van der Waals surface area contributed by atoms with E-state index < -0.39 is 23.8 Å². The molecule has 4 N–H and O–H groups in total. The van der Waals surface area contributed by atoms with Crippen molar-refractivity contribution in [2.75, 3.05) is 6.61 Å². The predicted molar refractivity (Wildman–Crippen MR) is 94.8 cm³/mol. The smallest absolute Gasteiger partial charge is 0.305 e. The van der Waals surface area contributed by atoms with E-state index >= 15 is 0 Å². The Kier molecular flexibility index (Phi) is 6.32. The van der Waals surface area contributed by atoms with Gasteiger partial charge in [-0.3, -0.25) is 14.4 Å². The number of amides is 2. The molecule has 0 saturated heterocycles. The van der Waals surface area contributed by atoms with Gasteiger partial charge in [-0.2, -0.15) is 0 Å². The lowest BCUT2D eigenvalue weighted by atomic mass is 10.0. The van der Waals surface area contributed by atoms with E-state index in [9.17, 15) is 14.4 Å². The first-order chi connectivity index (χ1) is 12.3. The summed E-state index contributed by atoms with van der Waals surface area (Å²) in [5.41, 5.74) is 7.23. The van der Waals surface area contributed by atoms with Crippen molar-refractivity contribution in [1.29, 1.82) is 0 Å². The van der Waals surface area contributed by atoms with Crippen molar-refractivity contribution < 1.29 is 24.2 Å². The standard InChI is InChI=1S/C19H20N2O5/c1-12-2-4-13(5-3-12)16(10-18(23)24)21-17(22)11-26-15-8-6-14(7-9-15)19(20)25/h2-9,16H,10-11H2,1H3,(H2,20,25)(H,21,22)(H,23,24)/t16-/m1/s1. The summed E-state index contributed by atoms with van der Waals surface area (Å²) < 4.78 is 5.35. The van der Waals surface area contributed by atoms with Crippen molar-refractivity contribution in [2.45, 2.75) is 19.4 Å². The number of ether oxygens (including phenoxy) is 1. The van der Waals surface area contributed by atoms with Crippen LogP contribution in [0, 0.1) is 6.92 Å². The molecule has 2 aromatic carbocycles. The number of hydrogen-bond acceptors (Lipinski definition) is 4. The monoisotopic (exact) mass is 356 g/mol. The van der Waals surface area contributed by atoms with Crippen LogP contribution in [0.3, 0.4) is 0 Å². The zero-order valence-electron chi connectivity index (χ0n) is 14.3. The van der Waals surface area contributed by atoms with E-state index in [0.717, 1.165) is 5.56 Å².